The number of methoxy groups -OCH3 is 1. The minimum atomic E-state index is -0.401. The van der Waals surface area contributed by atoms with Gasteiger partial charge < -0.3 is 14.2 Å². The van der Waals surface area contributed by atoms with Crippen LogP contribution in [0.1, 0.15) is 21.5 Å². The second-order valence-electron chi connectivity index (χ2n) is 4.57. The molecule has 2 aromatic rings. The third-order valence-electron chi connectivity index (χ3n) is 3.26. The Labute approximate surface area is 116 Å². The molecule has 1 aliphatic rings. The summed E-state index contributed by atoms with van der Waals surface area (Å²) < 4.78 is 15.9. The fourth-order valence-corrected chi connectivity index (χ4v) is 2.14. The summed E-state index contributed by atoms with van der Waals surface area (Å²) in [7, 11) is 1.53. The first-order valence-electron chi connectivity index (χ1n) is 6.31. The van der Waals surface area contributed by atoms with Gasteiger partial charge in [0.05, 0.1) is 7.11 Å². The van der Waals surface area contributed by atoms with E-state index in [1.807, 2.05) is 37.3 Å². The first-order valence-corrected chi connectivity index (χ1v) is 6.31. The van der Waals surface area contributed by atoms with E-state index in [1.54, 1.807) is 6.07 Å². The zero-order valence-corrected chi connectivity index (χ0v) is 11.3. The molecular formula is C16H14O4. The number of rotatable bonds is 4. The van der Waals surface area contributed by atoms with Crippen molar-refractivity contribution in [2.24, 2.45) is 0 Å². The summed E-state index contributed by atoms with van der Waals surface area (Å²) in [4.78, 5) is 12.2. The van der Waals surface area contributed by atoms with E-state index in [4.69, 9.17) is 14.2 Å². The number of esters is 1. The SMILES string of the molecule is COc1cc2c(c(C)c1C(=O)OCc1ccccc1)O2. The highest BCUT2D eigenvalue weighted by Crippen LogP contribution is 2.52. The zero-order valence-electron chi connectivity index (χ0n) is 11.3. The lowest BCUT2D eigenvalue weighted by molar-refractivity contribution is 0.0468. The molecule has 0 fully saturated rings. The second kappa shape index (κ2) is 4.89. The lowest BCUT2D eigenvalue weighted by Gasteiger charge is -2.09. The van der Waals surface area contributed by atoms with Gasteiger partial charge in [-0.25, -0.2) is 4.79 Å². The summed E-state index contributed by atoms with van der Waals surface area (Å²) >= 11 is 0. The van der Waals surface area contributed by atoms with Gasteiger partial charge in [-0.1, -0.05) is 30.3 Å². The van der Waals surface area contributed by atoms with Crippen molar-refractivity contribution < 1.29 is 19.0 Å². The van der Waals surface area contributed by atoms with Crippen molar-refractivity contribution in [1.82, 2.24) is 0 Å². The van der Waals surface area contributed by atoms with E-state index in [1.165, 1.54) is 7.11 Å². The standard InChI is InChI=1S/C16H14O4/c1-10-14(12(18-2)8-13-15(10)20-13)16(17)19-9-11-6-4-3-5-7-11/h3-8H,9H2,1-2H3. The molecule has 1 heterocycles. The van der Waals surface area contributed by atoms with Crippen LogP contribution in [0, 0.1) is 6.92 Å². The molecule has 0 N–H and O–H groups in total. The Morgan fingerprint density at radius 2 is 2.00 bits per heavy atom. The molecule has 0 radical (unpaired) electrons. The van der Waals surface area contributed by atoms with E-state index in [0.29, 0.717) is 11.3 Å². The average Bonchev–Trinajstić information content (AvgIpc) is 3.25. The van der Waals surface area contributed by atoms with Crippen LogP contribution < -0.4 is 9.47 Å². The van der Waals surface area contributed by atoms with Crippen molar-refractivity contribution >= 4 is 5.97 Å². The largest absolute Gasteiger partial charge is 0.496 e. The van der Waals surface area contributed by atoms with Crippen molar-refractivity contribution in [3.63, 3.8) is 0 Å². The Bertz CT molecular complexity index is 662. The minimum absolute atomic E-state index is 0.236. The van der Waals surface area contributed by atoms with Crippen LogP contribution in [0.2, 0.25) is 0 Å². The third kappa shape index (κ3) is 2.20. The lowest BCUT2D eigenvalue weighted by atomic mass is 10.1. The summed E-state index contributed by atoms with van der Waals surface area (Å²) in [6, 6.07) is 11.3. The molecule has 0 bridgehead atoms. The molecule has 102 valence electrons. The maximum Gasteiger partial charge on any atom is 0.342 e. The number of hydrogen-bond acceptors (Lipinski definition) is 4. The number of benzene rings is 2. The number of carbonyl (C=O) groups excluding carboxylic acids is 1. The molecule has 4 heteroatoms. The molecule has 0 spiro atoms. The average molecular weight is 270 g/mol. The van der Waals surface area contributed by atoms with Gasteiger partial charge in [0.25, 0.3) is 0 Å². The predicted molar refractivity (Wildman–Crippen MR) is 73.4 cm³/mol. The second-order valence-corrected chi connectivity index (χ2v) is 4.57. The Morgan fingerprint density at radius 3 is 2.70 bits per heavy atom. The van der Waals surface area contributed by atoms with Crippen molar-refractivity contribution in [2.75, 3.05) is 7.11 Å². The van der Waals surface area contributed by atoms with Gasteiger partial charge in [0, 0.05) is 11.6 Å². The summed E-state index contributed by atoms with van der Waals surface area (Å²) in [5.41, 5.74) is 2.14. The molecular weight excluding hydrogens is 256 g/mol. The molecule has 0 amide bonds. The van der Waals surface area contributed by atoms with Crippen molar-refractivity contribution in [2.45, 2.75) is 13.5 Å². The van der Waals surface area contributed by atoms with Crippen LogP contribution in [0.25, 0.3) is 0 Å². The summed E-state index contributed by atoms with van der Waals surface area (Å²) in [6.45, 7) is 2.06. The van der Waals surface area contributed by atoms with E-state index in [9.17, 15) is 4.79 Å². The lowest BCUT2D eigenvalue weighted by Crippen LogP contribution is -2.08. The van der Waals surface area contributed by atoms with Crippen LogP contribution in [0.5, 0.6) is 17.2 Å². The van der Waals surface area contributed by atoms with Gasteiger partial charge in [0.1, 0.15) is 17.9 Å². The molecule has 4 nitrogen and oxygen atoms in total. The maximum atomic E-state index is 12.2. The van der Waals surface area contributed by atoms with Crippen molar-refractivity contribution in [3.05, 3.63) is 53.1 Å². The zero-order chi connectivity index (χ0) is 14.1. The van der Waals surface area contributed by atoms with Gasteiger partial charge in [0.15, 0.2) is 11.5 Å². The third-order valence-corrected chi connectivity index (χ3v) is 3.26. The van der Waals surface area contributed by atoms with Gasteiger partial charge in [-0.2, -0.15) is 0 Å². The van der Waals surface area contributed by atoms with Crippen molar-refractivity contribution in [3.8, 4) is 17.2 Å². The van der Waals surface area contributed by atoms with Crippen LogP contribution in [0.4, 0.5) is 0 Å². The molecule has 0 aromatic heterocycles. The molecule has 0 saturated heterocycles. The fraction of sp³-hybridized carbons (Fsp3) is 0.188. The van der Waals surface area contributed by atoms with Gasteiger partial charge in [0.2, 0.25) is 0 Å². The first kappa shape index (κ1) is 12.5. The van der Waals surface area contributed by atoms with Gasteiger partial charge >= 0.3 is 5.97 Å². The Morgan fingerprint density at radius 1 is 1.25 bits per heavy atom. The Hall–Kier alpha value is -2.49. The highest BCUT2D eigenvalue weighted by Gasteiger charge is 2.31. The summed E-state index contributed by atoms with van der Waals surface area (Å²) in [6.07, 6.45) is 0. The quantitative estimate of drug-likeness (QED) is 0.538. The monoisotopic (exact) mass is 270 g/mol. The number of fused-ring (bicyclic) bond motifs is 1. The fourth-order valence-electron chi connectivity index (χ4n) is 2.14. The Kier molecular flexibility index (Phi) is 3.06. The summed E-state index contributed by atoms with van der Waals surface area (Å²) in [5.74, 6) is 1.59. The molecule has 3 rings (SSSR count). The predicted octanol–water partition coefficient (Wildman–Crippen LogP) is 3.47. The number of hydrogen-bond donors (Lipinski definition) is 0. The minimum Gasteiger partial charge on any atom is -0.496 e. The highest BCUT2D eigenvalue weighted by molar-refractivity contribution is 5.96. The highest BCUT2D eigenvalue weighted by atomic mass is 16.6. The molecule has 0 saturated carbocycles. The Balaban J connectivity index is 1.80. The van der Waals surface area contributed by atoms with Crippen LogP contribution in [0.15, 0.2) is 36.4 Å². The topological polar surface area (TPSA) is 48.1 Å². The van der Waals surface area contributed by atoms with E-state index >= 15 is 0 Å². The van der Waals surface area contributed by atoms with E-state index in [-0.39, 0.29) is 6.61 Å². The van der Waals surface area contributed by atoms with Crippen LogP contribution in [0.3, 0.4) is 0 Å². The molecule has 20 heavy (non-hydrogen) atoms. The van der Waals surface area contributed by atoms with Gasteiger partial charge in [-0.3, -0.25) is 0 Å². The van der Waals surface area contributed by atoms with E-state index < -0.39 is 5.97 Å². The van der Waals surface area contributed by atoms with Gasteiger partial charge in [-0.05, 0) is 12.5 Å². The smallest absolute Gasteiger partial charge is 0.342 e. The van der Waals surface area contributed by atoms with Crippen LogP contribution in [-0.2, 0) is 11.3 Å². The molecule has 0 atom stereocenters. The number of carbonyl (C=O) groups is 1. The molecule has 1 aliphatic heterocycles. The first-order chi connectivity index (χ1) is 9.70. The summed E-state index contributed by atoms with van der Waals surface area (Å²) in [5, 5.41) is 0. The van der Waals surface area contributed by atoms with E-state index in [2.05, 4.69) is 0 Å². The van der Waals surface area contributed by atoms with E-state index in [0.717, 1.165) is 22.6 Å². The number of ether oxygens (including phenoxy) is 3. The van der Waals surface area contributed by atoms with Crippen LogP contribution >= 0.6 is 0 Å². The van der Waals surface area contributed by atoms with Crippen molar-refractivity contribution in [1.29, 1.82) is 0 Å². The molecule has 0 aliphatic carbocycles. The van der Waals surface area contributed by atoms with Gasteiger partial charge in [-0.15, -0.1) is 0 Å². The van der Waals surface area contributed by atoms with Crippen LogP contribution in [-0.4, -0.2) is 13.1 Å². The maximum absolute atomic E-state index is 12.2. The normalized spacial score (nSPS) is 11.3. The molecule has 0 unspecified atom stereocenters. The molecule has 2 aromatic carbocycles.